The standard InChI is InChI=1S/C12HF23/c13-2(14)1-3(15,16)4(17,18)5(19,20)6(21,22)7(23,24)8(25,26)9(27,28)10(29,30)11(31,32)12(33,34)35/h1H. The summed E-state index contributed by atoms with van der Waals surface area (Å²) in [6, 6.07) is 0. The summed E-state index contributed by atoms with van der Waals surface area (Å²) in [6.07, 6.45) is -14.9. The van der Waals surface area contributed by atoms with Crippen LogP contribution in [-0.4, -0.2) is 59.5 Å². The quantitative estimate of drug-likeness (QED) is 0.242. The molecule has 0 N–H and O–H groups in total. The number of halogens is 23. The normalized spacial score (nSPS) is 16.4. The van der Waals surface area contributed by atoms with Gasteiger partial charge in [-0.05, 0) is 0 Å². The Morgan fingerprint density at radius 2 is 0.514 bits per heavy atom. The highest BCUT2D eigenvalue weighted by Crippen LogP contribution is 2.66. The Bertz CT molecular complexity index is 805. The van der Waals surface area contributed by atoms with Crippen molar-refractivity contribution in [1.82, 2.24) is 0 Å². The maximum Gasteiger partial charge on any atom is 0.460 e. The lowest BCUT2D eigenvalue weighted by Gasteiger charge is -2.44. The van der Waals surface area contributed by atoms with E-state index in [2.05, 4.69) is 0 Å². The van der Waals surface area contributed by atoms with Gasteiger partial charge in [0.2, 0.25) is 0 Å². The van der Waals surface area contributed by atoms with Crippen molar-refractivity contribution < 1.29 is 101 Å². The van der Waals surface area contributed by atoms with Gasteiger partial charge >= 0.3 is 59.5 Å². The first kappa shape index (κ1) is 33.1. The fourth-order valence-corrected chi connectivity index (χ4v) is 1.80. The zero-order chi connectivity index (χ0) is 29.3. The Kier molecular flexibility index (Phi) is 7.64. The molecule has 0 nitrogen and oxygen atoms in total. The van der Waals surface area contributed by atoms with Crippen LogP contribution in [0.2, 0.25) is 0 Å². The molecule has 0 rings (SSSR count). The molecule has 0 radical (unpaired) electrons. The summed E-state index contributed by atoms with van der Waals surface area (Å²) in [5.41, 5.74) is 0. The number of rotatable bonds is 9. The molecular formula is C12HF23. The van der Waals surface area contributed by atoms with E-state index in [1.807, 2.05) is 0 Å². The van der Waals surface area contributed by atoms with Crippen LogP contribution in [0.15, 0.2) is 12.2 Å². The zero-order valence-corrected chi connectivity index (χ0v) is 14.8. The average molecular weight is 582 g/mol. The minimum atomic E-state index is -9.30. The summed E-state index contributed by atoms with van der Waals surface area (Å²) in [4.78, 5) is 0. The fourth-order valence-electron chi connectivity index (χ4n) is 1.80. The molecular weight excluding hydrogens is 581 g/mol. The number of hydrogen-bond acceptors (Lipinski definition) is 0. The van der Waals surface area contributed by atoms with E-state index in [-0.39, 0.29) is 0 Å². The highest BCUT2D eigenvalue weighted by molar-refractivity contribution is 5.19. The molecule has 0 bridgehead atoms. The lowest BCUT2D eigenvalue weighted by Crippen LogP contribution is -2.76. The zero-order valence-electron chi connectivity index (χ0n) is 14.8. The second-order valence-electron chi connectivity index (χ2n) is 6.15. The molecule has 0 aliphatic heterocycles. The molecule has 0 aliphatic rings. The summed E-state index contributed by atoms with van der Waals surface area (Å²) in [5.74, 6) is -79.1. The van der Waals surface area contributed by atoms with Crippen molar-refractivity contribution in [3.8, 4) is 0 Å². The van der Waals surface area contributed by atoms with E-state index in [1.54, 1.807) is 0 Å². The van der Waals surface area contributed by atoms with Gasteiger partial charge in [-0.3, -0.25) is 0 Å². The second kappa shape index (κ2) is 8.07. The Hall–Kier alpha value is -1.87. The second-order valence-corrected chi connectivity index (χ2v) is 6.15. The van der Waals surface area contributed by atoms with E-state index in [0.29, 0.717) is 0 Å². The van der Waals surface area contributed by atoms with Gasteiger partial charge in [-0.2, -0.15) is 101 Å². The SMILES string of the molecule is FC(F)=CC(F)(F)C(F)(F)C(F)(F)C(F)(F)C(F)(F)C(F)(F)C(F)(F)C(F)(F)C(F)(F)C(F)(F)F. The molecule has 0 unspecified atom stereocenters. The maximum absolute atomic E-state index is 13.3. The molecule has 35 heavy (non-hydrogen) atoms. The highest BCUT2D eigenvalue weighted by Gasteiger charge is 2.97. The Labute approximate surface area is 174 Å². The van der Waals surface area contributed by atoms with Crippen molar-refractivity contribution in [3.05, 3.63) is 12.2 Å². The van der Waals surface area contributed by atoms with E-state index in [1.165, 1.54) is 0 Å². The monoisotopic (exact) mass is 582 g/mol. The average Bonchev–Trinajstić information content (AvgIpc) is 2.58. The van der Waals surface area contributed by atoms with Gasteiger partial charge in [0, 0.05) is 0 Å². The molecule has 0 fully saturated rings. The predicted molar refractivity (Wildman–Crippen MR) is 60.9 cm³/mol. The van der Waals surface area contributed by atoms with Crippen LogP contribution in [0.1, 0.15) is 0 Å². The van der Waals surface area contributed by atoms with Gasteiger partial charge in [0.1, 0.15) is 0 Å². The van der Waals surface area contributed by atoms with Gasteiger partial charge in [-0.15, -0.1) is 0 Å². The van der Waals surface area contributed by atoms with Gasteiger partial charge in [-0.25, -0.2) is 0 Å². The van der Waals surface area contributed by atoms with Crippen LogP contribution in [0, 0.1) is 0 Å². The molecule has 0 aromatic heterocycles. The summed E-state index contributed by atoms with van der Waals surface area (Å²) >= 11 is 0. The third-order valence-electron chi connectivity index (χ3n) is 3.83. The summed E-state index contributed by atoms with van der Waals surface area (Å²) in [7, 11) is 0. The van der Waals surface area contributed by atoms with Crippen LogP contribution >= 0.6 is 0 Å². The van der Waals surface area contributed by atoms with Crippen molar-refractivity contribution in [3.63, 3.8) is 0 Å². The van der Waals surface area contributed by atoms with Crippen LogP contribution in [0.4, 0.5) is 101 Å². The van der Waals surface area contributed by atoms with E-state index in [0.717, 1.165) is 0 Å². The molecule has 210 valence electrons. The van der Waals surface area contributed by atoms with Gasteiger partial charge in [0.05, 0.1) is 6.08 Å². The van der Waals surface area contributed by atoms with Crippen molar-refractivity contribution in [2.75, 3.05) is 0 Å². The smallest absolute Gasteiger partial charge is 0.195 e. The Balaban J connectivity index is 7.12. The van der Waals surface area contributed by atoms with Gasteiger partial charge in [0.25, 0.3) is 6.08 Å². The van der Waals surface area contributed by atoms with Crippen molar-refractivity contribution >= 4 is 0 Å². The lowest BCUT2D eigenvalue weighted by molar-refractivity contribution is -0.473. The molecule has 0 amide bonds. The fraction of sp³-hybridized carbons (Fsp3) is 0.833. The first-order valence-corrected chi connectivity index (χ1v) is 7.17. The molecule has 0 saturated heterocycles. The summed E-state index contributed by atoms with van der Waals surface area (Å²) < 4.78 is 294. The third kappa shape index (κ3) is 4.12. The van der Waals surface area contributed by atoms with E-state index < -0.39 is 71.6 Å². The number of hydrogen-bond donors (Lipinski definition) is 0. The van der Waals surface area contributed by atoms with E-state index in [9.17, 15) is 101 Å². The van der Waals surface area contributed by atoms with Crippen LogP contribution in [-0.2, 0) is 0 Å². The van der Waals surface area contributed by atoms with Crippen LogP contribution < -0.4 is 0 Å². The number of alkyl halides is 21. The molecule has 0 aromatic rings. The van der Waals surface area contributed by atoms with Crippen LogP contribution in [0.5, 0.6) is 0 Å². The minimum Gasteiger partial charge on any atom is -0.195 e. The summed E-state index contributed by atoms with van der Waals surface area (Å²) in [6.45, 7) is 0. The molecule has 0 heterocycles. The van der Waals surface area contributed by atoms with Crippen molar-refractivity contribution in [2.45, 2.75) is 59.5 Å². The number of allylic oxidation sites excluding steroid dienone is 1. The highest BCUT2D eigenvalue weighted by atomic mass is 19.4. The maximum atomic E-state index is 13.3. The first-order chi connectivity index (χ1) is 14.7. The Morgan fingerprint density at radius 1 is 0.314 bits per heavy atom. The predicted octanol–water partition coefficient (Wildman–Crippen LogP) is 8.05. The molecule has 0 atom stereocenters. The van der Waals surface area contributed by atoms with Gasteiger partial charge in [0.15, 0.2) is 0 Å². The Morgan fingerprint density at radius 3 is 0.714 bits per heavy atom. The van der Waals surface area contributed by atoms with Crippen LogP contribution in [0.3, 0.4) is 0 Å². The third-order valence-corrected chi connectivity index (χ3v) is 3.83. The molecule has 0 aromatic carbocycles. The van der Waals surface area contributed by atoms with Crippen molar-refractivity contribution in [2.24, 2.45) is 0 Å². The topological polar surface area (TPSA) is 0 Å². The summed E-state index contributed by atoms with van der Waals surface area (Å²) in [5, 5.41) is 0. The van der Waals surface area contributed by atoms with E-state index in [4.69, 9.17) is 0 Å². The molecule has 23 heteroatoms. The lowest BCUT2D eigenvalue weighted by atomic mass is 9.86. The molecule has 0 aliphatic carbocycles. The van der Waals surface area contributed by atoms with Crippen molar-refractivity contribution in [1.29, 1.82) is 0 Å². The first-order valence-electron chi connectivity index (χ1n) is 7.17. The van der Waals surface area contributed by atoms with Gasteiger partial charge < -0.3 is 0 Å². The largest absolute Gasteiger partial charge is 0.460 e. The van der Waals surface area contributed by atoms with Gasteiger partial charge in [-0.1, -0.05) is 0 Å². The molecule has 0 saturated carbocycles. The van der Waals surface area contributed by atoms with E-state index >= 15 is 0 Å². The van der Waals surface area contributed by atoms with Crippen LogP contribution in [0.25, 0.3) is 0 Å². The molecule has 0 spiro atoms. The minimum absolute atomic E-state index is 2.65.